The molecule has 3 aromatic carbocycles. The Kier molecular flexibility index (Phi) is 5.51. The van der Waals surface area contributed by atoms with Crippen LogP contribution < -0.4 is 9.80 Å². The Morgan fingerprint density at radius 2 is 1.48 bits per heavy atom. The van der Waals surface area contributed by atoms with Gasteiger partial charge in [0.2, 0.25) is 5.91 Å². The van der Waals surface area contributed by atoms with Crippen molar-refractivity contribution in [1.82, 2.24) is 4.90 Å². The molecule has 2 aliphatic rings. The number of imide groups is 1. The van der Waals surface area contributed by atoms with Crippen LogP contribution in [0.2, 0.25) is 0 Å². The van der Waals surface area contributed by atoms with Crippen LogP contribution in [0.5, 0.6) is 5.75 Å². The summed E-state index contributed by atoms with van der Waals surface area (Å²) in [6.45, 7) is -2.77. The van der Waals surface area contributed by atoms with Crippen LogP contribution in [0.25, 0.3) is 0 Å². The van der Waals surface area contributed by atoms with Crippen molar-refractivity contribution in [3.8, 4) is 5.75 Å². The number of alkyl halides is 2. The molecule has 8 heteroatoms. The van der Waals surface area contributed by atoms with Crippen LogP contribution in [-0.4, -0.2) is 29.4 Å². The second kappa shape index (κ2) is 8.63. The lowest BCUT2D eigenvalue weighted by atomic mass is 9.90. The molecule has 6 nitrogen and oxygen atoms in total. The van der Waals surface area contributed by atoms with Crippen molar-refractivity contribution < 1.29 is 27.9 Å². The molecule has 3 atom stereocenters. The normalized spacial score (nSPS) is 22.2. The fourth-order valence-corrected chi connectivity index (χ4v) is 4.38. The average molecular weight is 450 g/mol. The molecule has 2 fully saturated rings. The van der Waals surface area contributed by atoms with Crippen molar-refractivity contribution in [2.75, 3.05) is 5.06 Å². The Morgan fingerprint density at radius 1 is 0.848 bits per heavy atom. The second-order valence-electron chi connectivity index (χ2n) is 7.85. The topological polar surface area (TPSA) is 59.1 Å². The molecule has 33 heavy (non-hydrogen) atoms. The van der Waals surface area contributed by atoms with E-state index in [9.17, 15) is 18.4 Å². The van der Waals surface area contributed by atoms with E-state index in [0.717, 1.165) is 5.56 Å². The van der Waals surface area contributed by atoms with E-state index in [0.29, 0.717) is 11.3 Å². The number of ether oxygens (including phenoxy) is 1. The summed E-state index contributed by atoms with van der Waals surface area (Å²) < 4.78 is 29.6. The van der Waals surface area contributed by atoms with Gasteiger partial charge in [-0.3, -0.25) is 19.3 Å². The number of benzene rings is 3. The summed E-state index contributed by atoms with van der Waals surface area (Å²) >= 11 is 0. The number of amides is 2. The Bertz CT molecular complexity index is 1140. The molecule has 3 aromatic rings. The largest absolute Gasteiger partial charge is 0.435 e. The lowest BCUT2D eigenvalue weighted by Gasteiger charge is -2.28. The number of likely N-dealkylation sites (tertiary alicyclic amines) is 1. The number of rotatable bonds is 6. The van der Waals surface area contributed by atoms with Crippen molar-refractivity contribution in [2.24, 2.45) is 5.92 Å². The van der Waals surface area contributed by atoms with Crippen molar-refractivity contribution in [1.29, 1.82) is 0 Å². The Hall–Kier alpha value is -3.78. The first-order valence-corrected chi connectivity index (χ1v) is 10.5. The number of hydrogen-bond acceptors (Lipinski definition) is 5. The number of anilines is 1. The van der Waals surface area contributed by atoms with Crippen LogP contribution in [0.4, 0.5) is 14.5 Å². The minimum absolute atomic E-state index is 0.00926. The zero-order valence-electron chi connectivity index (χ0n) is 17.4. The summed E-state index contributed by atoms with van der Waals surface area (Å²) in [6, 6.07) is 23.9. The van der Waals surface area contributed by atoms with Gasteiger partial charge in [0.1, 0.15) is 11.7 Å². The fraction of sp³-hybridized carbons (Fsp3) is 0.200. The standard InChI is InChI=1S/C25H20F2N2O4/c26-25(27)32-19-13-11-17(12-14-19)21-20-22(33-29(21)18-9-5-2-6-10-18)24(31)28(23(20)30)15-16-7-3-1-4-8-16/h1-14,20-22,25H,15H2/t20-,21-,22-/m0/s1. The van der Waals surface area contributed by atoms with Gasteiger partial charge < -0.3 is 4.74 Å². The van der Waals surface area contributed by atoms with Gasteiger partial charge in [0.25, 0.3) is 5.91 Å². The van der Waals surface area contributed by atoms with Crippen LogP contribution in [-0.2, 0) is 21.0 Å². The highest BCUT2D eigenvalue weighted by Crippen LogP contribution is 2.47. The summed E-state index contributed by atoms with van der Waals surface area (Å²) in [4.78, 5) is 33.9. The summed E-state index contributed by atoms with van der Waals surface area (Å²) in [7, 11) is 0. The van der Waals surface area contributed by atoms with Gasteiger partial charge >= 0.3 is 6.61 Å². The van der Waals surface area contributed by atoms with Gasteiger partial charge in [0, 0.05) is 0 Å². The molecule has 2 amide bonds. The third kappa shape index (κ3) is 3.93. The van der Waals surface area contributed by atoms with Crippen molar-refractivity contribution in [3.63, 3.8) is 0 Å². The molecule has 0 radical (unpaired) electrons. The molecule has 0 unspecified atom stereocenters. The van der Waals surface area contributed by atoms with Gasteiger partial charge in [-0.2, -0.15) is 8.78 Å². The predicted octanol–water partition coefficient (Wildman–Crippen LogP) is 4.33. The Balaban J connectivity index is 1.49. The molecule has 5 rings (SSSR count). The summed E-state index contributed by atoms with van der Waals surface area (Å²) in [5, 5.41) is 1.56. The molecule has 2 heterocycles. The van der Waals surface area contributed by atoms with Crippen LogP contribution >= 0.6 is 0 Å². The van der Waals surface area contributed by atoms with Crippen LogP contribution in [0.3, 0.4) is 0 Å². The molecule has 0 aromatic heterocycles. The lowest BCUT2D eigenvalue weighted by Crippen LogP contribution is -2.36. The molecule has 2 saturated heterocycles. The van der Waals surface area contributed by atoms with E-state index >= 15 is 0 Å². The van der Waals surface area contributed by atoms with Crippen molar-refractivity contribution >= 4 is 17.5 Å². The number of hydroxylamine groups is 1. The SMILES string of the molecule is O=C1[C@@H]2[C@H](ON(c3ccccc3)[C@H]2c2ccc(OC(F)F)cc2)C(=O)N1Cc1ccccc1. The maximum Gasteiger partial charge on any atom is 0.387 e. The average Bonchev–Trinajstić information content (AvgIpc) is 3.33. The molecular weight excluding hydrogens is 430 g/mol. The third-order valence-corrected chi connectivity index (χ3v) is 5.85. The summed E-state index contributed by atoms with van der Waals surface area (Å²) in [6.07, 6.45) is -0.969. The van der Waals surface area contributed by atoms with Crippen molar-refractivity contribution in [3.05, 3.63) is 96.1 Å². The molecule has 0 saturated carbocycles. The zero-order chi connectivity index (χ0) is 22.9. The maximum atomic E-state index is 13.4. The molecule has 2 aliphatic heterocycles. The van der Waals surface area contributed by atoms with E-state index in [-0.39, 0.29) is 18.2 Å². The van der Waals surface area contributed by atoms with Gasteiger partial charge in [-0.15, -0.1) is 0 Å². The number of carbonyl (C=O) groups is 2. The molecule has 0 N–H and O–H groups in total. The highest BCUT2D eigenvalue weighted by atomic mass is 19.3. The Morgan fingerprint density at radius 3 is 2.12 bits per heavy atom. The quantitative estimate of drug-likeness (QED) is 0.523. The van der Waals surface area contributed by atoms with Gasteiger partial charge in [0.05, 0.1) is 18.3 Å². The lowest BCUT2D eigenvalue weighted by molar-refractivity contribution is -0.143. The summed E-state index contributed by atoms with van der Waals surface area (Å²) in [5.41, 5.74) is 2.17. The van der Waals surface area contributed by atoms with Gasteiger partial charge in [-0.05, 0) is 35.4 Å². The highest BCUT2D eigenvalue weighted by Gasteiger charge is 2.59. The van der Waals surface area contributed by atoms with E-state index in [2.05, 4.69) is 4.74 Å². The van der Waals surface area contributed by atoms with E-state index in [1.807, 2.05) is 60.7 Å². The summed E-state index contributed by atoms with van der Waals surface area (Å²) in [5.74, 6) is -1.49. The smallest absolute Gasteiger partial charge is 0.387 e. The van der Waals surface area contributed by atoms with Gasteiger partial charge in [-0.1, -0.05) is 60.7 Å². The molecule has 0 spiro atoms. The third-order valence-electron chi connectivity index (χ3n) is 5.85. The van der Waals surface area contributed by atoms with Gasteiger partial charge in [-0.25, -0.2) is 5.06 Å². The van der Waals surface area contributed by atoms with E-state index in [1.165, 1.54) is 17.0 Å². The van der Waals surface area contributed by atoms with E-state index in [4.69, 9.17) is 4.84 Å². The van der Waals surface area contributed by atoms with Crippen LogP contribution in [0.1, 0.15) is 17.2 Å². The molecule has 0 bridgehead atoms. The first-order chi connectivity index (χ1) is 16.0. The maximum absolute atomic E-state index is 13.4. The number of carbonyl (C=O) groups excluding carboxylic acids is 2. The minimum atomic E-state index is -2.93. The molecular formula is C25H20F2N2O4. The van der Waals surface area contributed by atoms with E-state index < -0.39 is 30.6 Å². The number of hydrogen-bond donors (Lipinski definition) is 0. The number of fused-ring (bicyclic) bond motifs is 1. The van der Waals surface area contributed by atoms with E-state index in [1.54, 1.807) is 17.2 Å². The number of para-hydroxylation sites is 1. The number of nitrogens with zero attached hydrogens (tertiary/aromatic N) is 2. The molecule has 168 valence electrons. The highest BCUT2D eigenvalue weighted by molar-refractivity contribution is 6.07. The van der Waals surface area contributed by atoms with Crippen LogP contribution in [0, 0.1) is 5.92 Å². The second-order valence-corrected chi connectivity index (χ2v) is 7.85. The minimum Gasteiger partial charge on any atom is -0.435 e. The molecule has 0 aliphatic carbocycles. The fourth-order valence-electron chi connectivity index (χ4n) is 4.38. The zero-order valence-corrected chi connectivity index (χ0v) is 17.4. The van der Waals surface area contributed by atoms with Crippen molar-refractivity contribution in [2.45, 2.75) is 25.3 Å². The number of halogens is 2. The first kappa shape index (κ1) is 21.1. The first-order valence-electron chi connectivity index (χ1n) is 10.5. The van der Waals surface area contributed by atoms with Gasteiger partial charge in [0.15, 0.2) is 6.10 Å². The monoisotopic (exact) mass is 450 g/mol. The predicted molar refractivity (Wildman–Crippen MR) is 115 cm³/mol. The van der Waals surface area contributed by atoms with Crippen LogP contribution in [0.15, 0.2) is 84.9 Å². The Labute approximate surface area is 188 Å².